The summed E-state index contributed by atoms with van der Waals surface area (Å²) in [6.07, 6.45) is 1.07. The van der Waals surface area contributed by atoms with E-state index >= 15 is 0 Å². The summed E-state index contributed by atoms with van der Waals surface area (Å²) in [5.41, 5.74) is -0.186. The average molecular weight is 317 g/mol. The van der Waals surface area contributed by atoms with Gasteiger partial charge in [0.2, 0.25) is 0 Å². The van der Waals surface area contributed by atoms with E-state index in [4.69, 9.17) is 16.3 Å². The van der Waals surface area contributed by atoms with Gasteiger partial charge in [0.05, 0.1) is 6.61 Å². The Bertz CT molecular complexity index is 687. The Hall–Kier alpha value is -2.15. The van der Waals surface area contributed by atoms with Gasteiger partial charge >= 0.3 is 5.97 Å². The van der Waals surface area contributed by atoms with Crippen LogP contribution in [-0.2, 0) is 4.74 Å². The fraction of sp³-hybridized carbons (Fsp3) is 0.154. The van der Waals surface area contributed by atoms with Crippen molar-refractivity contribution < 1.29 is 22.7 Å². The van der Waals surface area contributed by atoms with Crippen LogP contribution in [0.2, 0.25) is 5.15 Å². The largest absolute Gasteiger partial charge is 0.462 e. The predicted octanol–water partition coefficient (Wildman–Crippen LogP) is 3.39. The van der Waals surface area contributed by atoms with Crippen LogP contribution in [-0.4, -0.2) is 22.5 Å². The summed E-state index contributed by atoms with van der Waals surface area (Å²) in [4.78, 5) is 19.0. The van der Waals surface area contributed by atoms with Gasteiger partial charge in [-0.15, -0.1) is 0 Å². The predicted molar refractivity (Wildman–Crippen MR) is 68.3 cm³/mol. The van der Waals surface area contributed by atoms with Gasteiger partial charge in [-0.1, -0.05) is 11.6 Å². The van der Waals surface area contributed by atoms with Gasteiger partial charge in [0.25, 0.3) is 0 Å². The quantitative estimate of drug-likeness (QED) is 0.495. The summed E-state index contributed by atoms with van der Waals surface area (Å²) >= 11 is 5.81. The lowest BCUT2D eigenvalue weighted by Gasteiger charge is -2.06. The van der Waals surface area contributed by atoms with E-state index in [0.29, 0.717) is 0 Å². The second-order valence-electron chi connectivity index (χ2n) is 3.87. The van der Waals surface area contributed by atoms with Crippen LogP contribution in [0, 0.1) is 17.5 Å². The molecule has 0 saturated heterocycles. The second kappa shape index (κ2) is 6.09. The van der Waals surface area contributed by atoms with E-state index in [1.807, 2.05) is 0 Å². The zero-order valence-corrected chi connectivity index (χ0v) is 11.4. The lowest BCUT2D eigenvalue weighted by atomic mass is 10.2. The van der Waals surface area contributed by atoms with Crippen molar-refractivity contribution in [3.63, 3.8) is 0 Å². The first kappa shape index (κ1) is 15.2. The van der Waals surface area contributed by atoms with Crippen molar-refractivity contribution in [2.45, 2.75) is 6.92 Å². The number of hydrogen-bond donors (Lipinski definition) is 0. The van der Waals surface area contributed by atoms with Crippen LogP contribution >= 0.6 is 11.6 Å². The van der Waals surface area contributed by atoms with Crippen LogP contribution in [0.4, 0.5) is 13.2 Å². The lowest BCUT2D eigenvalue weighted by molar-refractivity contribution is 0.0525. The minimum atomic E-state index is -1.59. The van der Waals surface area contributed by atoms with Crippen molar-refractivity contribution in [1.29, 1.82) is 0 Å². The summed E-state index contributed by atoms with van der Waals surface area (Å²) < 4.78 is 43.9. The Morgan fingerprint density at radius 1 is 1.29 bits per heavy atom. The Balaban J connectivity index is 2.43. The Labute approximate surface area is 122 Å². The fourth-order valence-electron chi connectivity index (χ4n) is 1.53. The van der Waals surface area contributed by atoms with E-state index in [2.05, 4.69) is 9.97 Å². The molecule has 1 aromatic carbocycles. The molecule has 1 heterocycles. The summed E-state index contributed by atoms with van der Waals surface area (Å²) in [6, 6.07) is 1.46. The number of carbonyl (C=O) groups excluding carboxylic acids is 1. The Kier molecular flexibility index (Phi) is 4.42. The number of rotatable bonds is 3. The highest BCUT2D eigenvalue weighted by atomic mass is 35.5. The second-order valence-corrected chi connectivity index (χ2v) is 4.23. The van der Waals surface area contributed by atoms with Gasteiger partial charge in [-0.05, 0) is 19.1 Å². The third-order valence-electron chi connectivity index (χ3n) is 2.48. The molecular formula is C13H8ClF3N2O2. The smallest absolute Gasteiger partial charge is 0.342 e. The first-order valence-corrected chi connectivity index (χ1v) is 6.16. The van der Waals surface area contributed by atoms with Gasteiger partial charge in [-0.25, -0.2) is 27.9 Å². The van der Waals surface area contributed by atoms with E-state index in [9.17, 15) is 18.0 Å². The maximum Gasteiger partial charge on any atom is 0.342 e. The van der Waals surface area contributed by atoms with Crippen LogP contribution in [0.25, 0.3) is 11.4 Å². The molecule has 0 aliphatic carbocycles. The topological polar surface area (TPSA) is 52.1 Å². The zero-order chi connectivity index (χ0) is 15.6. The number of esters is 1. The normalized spacial score (nSPS) is 10.5. The number of halogens is 4. The van der Waals surface area contributed by atoms with Crippen molar-refractivity contribution in [3.8, 4) is 11.4 Å². The number of ether oxygens (including phenoxy) is 1. The van der Waals surface area contributed by atoms with Crippen LogP contribution < -0.4 is 0 Å². The van der Waals surface area contributed by atoms with Crippen LogP contribution in [0.5, 0.6) is 0 Å². The third kappa shape index (κ3) is 3.13. The van der Waals surface area contributed by atoms with E-state index in [-0.39, 0.29) is 28.7 Å². The summed E-state index contributed by atoms with van der Waals surface area (Å²) in [6.45, 7) is 1.76. The first-order valence-electron chi connectivity index (χ1n) is 5.78. The average Bonchev–Trinajstić information content (AvgIpc) is 2.44. The van der Waals surface area contributed by atoms with Crippen molar-refractivity contribution in [3.05, 3.63) is 46.5 Å². The molecule has 0 spiro atoms. The third-order valence-corrected chi connectivity index (χ3v) is 2.77. The van der Waals surface area contributed by atoms with Gasteiger partial charge in [0.1, 0.15) is 10.7 Å². The molecule has 0 bridgehead atoms. The molecular weight excluding hydrogens is 309 g/mol. The van der Waals surface area contributed by atoms with Gasteiger partial charge in [0, 0.05) is 11.8 Å². The van der Waals surface area contributed by atoms with Gasteiger partial charge in [0.15, 0.2) is 23.3 Å². The van der Waals surface area contributed by atoms with Gasteiger partial charge < -0.3 is 4.74 Å². The van der Waals surface area contributed by atoms with E-state index in [1.165, 1.54) is 0 Å². The Morgan fingerprint density at radius 2 is 1.90 bits per heavy atom. The molecule has 4 nitrogen and oxygen atoms in total. The van der Waals surface area contributed by atoms with Crippen molar-refractivity contribution in [1.82, 2.24) is 9.97 Å². The highest BCUT2D eigenvalue weighted by molar-refractivity contribution is 6.32. The van der Waals surface area contributed by atoms with Crippen molar-refractivity contribution in [2.24, 2.45) is 0 Å². The number of aromatic nitrogens is 2. The minimum Gasteiger partial charge on any atom is -0.462 e. The maximum absolute atomic E-state index is 13.2. The monoisotopic (exact) mass is 316 g/mol. The lowest BCUT2D eigenvalue weighted by Crippen LogP contribution is -2.07. The van der Waals surface area contributed by atoms with Gasteiger partial charge in [-0.2, -0.15) is 0 Å². The fourth-order valence-corrected chi connectivity index (χ4v) is 1.74. The number of nitrogens with zero attached hydrogens (tertiary/aromatic N) is 2. The van der Waals surface area contributed by atoms with Crippen LogP contribution in [0.15, 0.2) is 18.3 Å². The molecule has 0 unspecified atom stereocenters. The van der Waals surface area contributed by atoms with Crippen molar-refractivity contribution in [2.75, 3.05) is 6.61 Å². The molecule has 0 N–H and O–H groups in total. The van der Waals surface area contributed by atoms with E-state index in [0.717, 1.165) is 18.3 Å². The molecule has 0 atom stereocenters. The molecule has 0 radical (unpaired) electrons. The highest BCUT2D eigenvalue weighted by Gasteiger charge is 2.17. The van der Waals surface area contributed by atoms with Crippen LogP contribution in [0.3, 0.4) is 0 Å². The molecule has 1 aromatic heterocycles. The van der Waals surface area contributed by atoms with Crippen molar-refractivity contribution >= 4 is 17.6 Å². The van der Waals surface area contributed by atoms with E-state index in [1.54, 1.807) is 6.92 Å². The molecule has 0 aliphatic heterocycles. The molecule has 110 valence electrons. The number of carbonyl (C=O) groups is 1. The first-order chi connectivity index (χ1) is 9.93. The van der Waals surface area contributed by atoms with Gasteiger partial charge in [-0.3, -0.25) is 0 Å². The molecule has 2 rings (SSSR count). The standard InChI is InChI=1S/C13H8ClF3N2O2/c1-2-21-13(20)7-5-18-12(19-11(7)14)6-3-8(15)10(17)9(16)4-6/h3-5H,2H2,1H3. The number of benzene rings is 1. The Morgan fingerprint density at radius 3 is 2.43 bits per heavy atom. The highest BCUT2D eigenvalue weighted by Crippen LogP contribution is 2.23. The summed E-state index contributed by atoms with van der Waals surface area (Å²) in [5, 5.41) is -0.233. The summed E-state index contributed by atoms with van der Waals surface area (Å²) in [5.74, 6) is -5.21. The van der Waals surface area contributed by atoms with E-state index < -0.39 is 23.4 Å². The molecule has 0 saturated carbocycles. The molecule has 0 amide bonds. The zero-order valence-electron chi connectivity index (χ0n) is 10.7. The molecule has 2 aromatic rings. The summed E-state index contributed by atoms with van der Waals surface area (Å²) in [7, 11) is 0. The molecule has 8 heteroatoms. The minimum absolute atomic E-state index is 0.0784. The SMILES string of the molecule is CCOC(=O)c1cnc(-c2cc(F)c(F)c(F)c2)nc1Cl. The van der Waals surface area contributed by atoms with Crippen LogP contribution in [0.1, 0.15) is 17.3 Å². The molecule has 0 aliphatic rings. The number of hydrogen-bond acceptors (Lipinski definition) is 4. The maximum atomic E-state index is 13.2. The molecule has 0 fully saturated rings. The molecule has 21 heavy (non-hydrogen) atoms.